The fraction of sp³-hybridized carbons (Fsp3) is 0.385. The van der Waals surface area contributed by atoms with Crippen LogP contribution in [0.25, 0.3) is 0 Å². The molecule has 3 rings (SSSR count). The molecule has 1 aliphatic heterocycles. The lowest BCUT2D eigenvalue weighted by atomic mass is 10.1. The SMILES string of the molecule is Clc1ccccc1Nc1n[nH]c(C2CCCCO2)n1. The second kappa shape index (κ2) is 5.59. The average molecular weight is 279 g/mol. The standard InChI is InChI=1S/C13H15ClN4O/c14-9-5-1-2-6-10(9)15-13-16-12(17-18-13)11-7-3-4-8-19-11/h1-2,5-6,11H,3-4,7-8H2,(H2,15,16,17,18). The van der Waals surface area contributed by atoms with Crippen LogP contribution < -0.4 is 5.32 Å². The summed E-state index contributed by atoms with van der Waals surface area (Å²) in [5.41, 5.74) is 0.791. The van der Waals surface area contributed by atoms with Crippen LogP contribution in [0.3, 0.4) is 0 Å². The van der Waals surface area contributed by atoms with Crippen LogP contribution in [0.1, 0.15) is 31.2 Å². The van der Waals surface area contributed by atoms with Gasteiger partial charge in [0.1, 0.15) is 6.10 Å². The van der Waals surface area contributed by atoms with Gasteiger partial charge in [-0.3, -0.25) is 5.10 Å². The average Bonchev–Trinajstić information content (AvgIpc) is 2.91. The molecule has 2 N–H and O–H groups in total. The van der Waals surface area contributed by atoms with E-state index in [0.29, 0.717) is 11.0 Å². The predicted octanol–water partition coefficient (Wildman–Crippen LogP) is 3.44. The lowest BCUT2D eigenvalue weighted by Gasteiger charge is -2.19. The predicted molar refractivity (Wildman–Crippen MR) is 73.7 cm³/mol. The Labute approximate surface area is 116 Å². The highest BCUT2D eigenvalue weighted by Crippen LogP contribution is 2.27. The Morgan fingerprint density at radius 1 is 1.32 bits per heavy atom. The van der Waals surface area contributed by atoms with Gasteiger partial charge in [0, 0.05) is 6.61 Å². The van der Waals surface area contributed by atoms with Crippen LogP contribution in [0.2, 0.25) is 5.02 Å². The summed E-state index contributed by atoms with van der Waals surface area (Å²) in [7, 11) is 0. The number of anilines is 2. The number of H-pyrrole nitrogens is 1. The number of nitrogens with one attached hydrogen (secondary N) is 2. The van der Waals surface area contributed by atoms with E-state index in [4.69, 9.17) is 16.3 Å². The quantitative estimate of drug-likeness (QED) is 0.903. The molecule has 1 fully saturated rings. The minimum absolute atomic E-state index is 0.0306. The second-order valence-corrected chi connectivity index (χ2v) is 4.91. The van der Waals surface area contributed by atoms with E-state index in [-0.39, 0.29) is 6.10 Å². The fourth-order valence-corrected chi connectivity index (χ4v) is 2.30. The zero-order valence-electron chi connectivity index (χ0n) is 10.4. The summed E-state index contributed by atoms with van der Waals surface area (Å²) in [6.07, 6.45) is 3.30. The van der Waals surface area contributed by atoms with Crippen LogP contribution in [-0.4, -0.2) is 21.8 Å². The smallest absolute Gasteiger partial charge is 0.246 e. The van der Waals surface area contributed by atoms with Gasteiger partial charge in [-0.25, -0.2) is 0 Å². The molecular formula is C13H15ClN4O. The number of hydrogen-bond donors (Lipinski definition) is 2. The number of rotatable bonds is 3. The molecule has 1 aliphatic rings. The molecule has 2 heterocycles. The molecule has 0 saturated carbocycles. The molecule has 0 bridgehead atoms. The number of halogens is 1. The van der Waals surface area contributed by atoms with Gasteiger partial charge in [-0.2, -0.15) is 4.98 Å². The number of para-hydroxylation sites is 1. The Bertz CT molecular complexity index is 551. The van der Waals surface area contributed by atoms with Crippen LogP contribution in [0, 0.1) is 0 Å². The fourth-order valence-electron chi connectivity index (χ4n) is 2.11. The van der Waals surface area contributed by atoms with Crippen molar-refractivity contribution in [3.8, 4) is 0 Å². The van der Waals surface area contributed by atoms with Crippen molar-refractivity contribution in [1.82, 2.24) is 15.2 Å². The number of benzene rings is 1. The summed E-state index contributed by atoms with van der Waals surface area (Å²) in [5.74, 6) is 1.28. The molecular weight excluding hydrogens is 264 g/mol. The van der Waals surface area contributed by atoms with Gasteiger partial charge in [0.15, 0.2) is 5.82 Å². The summed E-state index contributed by atoms with van der Waals surface area (Å²) in [6, 6.07) is 7.50. The minimum atomic E-state index is 0.0306. The van der Waals surface area contributed by atoms with Crippen molar-refractivity contribution in [2.24, 2.45) is 0 Å². The van der Waals surface area contributed by atoms with E-state index >= 15 is 0 Å². The monoisotopic (exact) mass is 278 g/mol. The molecule has 100 valence electrons. The van der Waals surface area contributed by atoms with Crippen LogP contribution in [-0.2, 0) is 4.74 Å². The van der Waals surface area contributed by atoms with Crippen LogP contribution in [0.5, 0.6) is 0 Å². The third-order valence-corrected chi connectivity index (χ3v) is 3.44. The first-order valence-corrected chi connectivity index (χ1v) is 6.76. The lowest BCUT2D eigenvalue weighted by molar-refractivity contribution is 0.00970. The Morgan fingerprint density at radius 2 is 2.21 bits per heavy atom. The third-order valence-electron chi connectivity index (χ3n) is 3.11. The van der Waals surface area contributed by atoms with Crippen LogP contribution in [0.4, 0.5) is 11.6 Å². The van der Waals surface area contributed by atoms with Gasteiger partial charge < -0.3 is 10.1 Å². The van der Waals surface area contributed by atoms with Crippen LogP contribution >= 0.6 is 11.6 Å². The Balaban J connectivity index is 1.73. The molecule has 1 unspecified atom stereocenters. The first-order chi connectivity index (χ1) is 9.33. The highest BCUT2D eigenvalue weighted by atomic mass is 35.5. The van der Waals surface area contributed by atoms with Gasteiger partial charge in [-0.1, -0.05) is 23.7 Å². The maximum atomic E-state index is 6.08. The molecule has 0 spiro atoms. The molecule has 1 aromatic heterocycles. The lowest BCUT2D eigenvalue weighted by Crippen LogP contribution is -2.12. The van der Waals surface area contributed by atoms with Crippen LogP contribution in [0.15, 0.2) is 24.3 Å². The molecule has 1 saturated heterocycles. The summed E-state index contributed by atoms with van der Waals surface area (Å²) in [6.45, 7) is 0.790. The van der Waals surface area contributed by atoms with Crippen molar-refractivity contribution < 1.29 is 4.74 Å². The van der Waals surface area contributed by atoms with Gasteiger partial charge in [0.2, 0.25) is 5.95 Å². The Hall–Kier alpha value is -1.59. The molecule has 0 aliphatic carbocycles. The van der Waals surface area contributed by atoms with E-state index in [0.717, 1.165) is 31.0 Å². The third kappa shape index (κ3) is 2.88. The maximum absolute atomic E-state index is 6.08. The molecule has 1 atom stereocenters. The minimum Gasteiger partial charge on any atom is -0.370 e. The molecule has 0 radical (unpaired) electrons. The number of aromatic amines is 1. The first-order valence-electron chi connectivity index (χ1n) is 6.38. The van der Waals surface area contributed by atoms with E-state index < -0.39 is 0 Å². The number of aromatic nitrogens is 3. The highest BCUT2D eigenvalue weighted by Gasteiger charge is 2.19. The van der Waals surface area contributed by atoms with Gasteiger partial charge in [0.25, 0.3) is 0 Å². The first kappa shape index (κ1) is 12.4. The Kier molecular flexibility index (Phi) is 3.66. The van der Waals surface area contributed by atoms with E-state index in [1.165, 1.54) is 6.42 Å². The van der Waals surface area contributed by atoms with Crippen molar-refractivity contribution in [3.05, 3.63) is 35.1 Å². The van der Waals surface area contributed by atoms with E-state index in [1.807, 2.05) is 24.3 Å². The molecule has 2 aromatic rings. The molecule has 6 heteroatoms. The second-order valence-electron chi connectivity index (χ2n) is 4.50. The van der Waals surface area contributed by atoms with E-state index in [9.17, 15) is 0 Å². The highest BCUT2D eigenvalue weighted by molar-refractivity contribution is 6.33. The van der Waals surface area contributed by atoms with Gasteiger partial charge in [-0.15, -0.1) is 5.10 Å². The number of ether oxygens (including phenoxy) is 1. The van der Waals surface area contributed by atoms with Gasteiger partial charge in [-0.05, 0) is 31.4 Å². The summed E-state index contributed by atoms with van der Waals surface area (Å²) in [5, 5.41) is 10.8. The van der Waals surface area contributed by atoms with Crippen molar-refractivity contribution in [3.63, 3.8) is 0 Å². The molecule has 0 amide bonds. The van der Waals surface area contributed by atoms with Crippen molar-refractivity contribution in [2.75, 3.05) is 11.9 Å². The number of hydrogen-bond acceptors (Lipinski definition) is 4. The molecule has 19 heavy (non-hydrogen) atoms. The van der Waals surface area contributed by atoms with Gasteiger partial charge >= 0.3 is 0 Å². The van der Waals surface area contributed by atoms with Crippen molar-refractivity contribution in [1.29, 1.82) is 0 Å². The summed E-state index contributed by atoms with van der Waals surface area (Å²) in [4.78, 5) is 4.41. The number of nitrogens with zero attached hydrogens (tertiary/aromatic N) is 2. The normalized spacial score (nSPS) is 19.3. The van der Waals surface area contributed by atoms with Crippen molar-refractivity contribution >= 4 is 23.2 Å². The van der Waals surface area contributed by atoms with Crippen molar-refractivity contribution in [2.45, 2.75) is 25.4 Å². The zero-order chi connectivity index (χ0) is 13.1. The zero-order valence-corrected chi connectivity index (χ0v) is 11.2. The Morgan fingerprint density at radius 3 is 3.00 bits per heavy atom. The van der Waals surface area contributed by atoms with E-state index in [2.05, 4.69) is 20.5 Å². The molecule has 1 aromatic carbocycles. The van der Waals surface area contributed by atoms with E-state index in [1.54, 1.807) is 0 Å². The summed E-state index contributed by atoms with van der Waals surface area (Å²) < 4.78 is 5.66. The van der Waals surface area contributed by atoms with Gasteiger partial charge in [0.05, 0.1) is 10.7 Å². The maximum Gasteiger partial charge on any atom is 0.246 e. The molecule has 5 nitrogen and oxygen atoms in total. The largest absolute Gasteiger partial charge is 0.370 e. The summed E-state index contributed by atoms with van der Waals surface area (Å²) >= 11 is 6.08. The topological polar surface area (TPSA) is 62.8 Å².